The maximum Gasteiger partial charge on any atom is 0.276 e. The van der Waals surface area contributed by atoms with Crippen LogP contribution < -0.4 is 19.0 Å². The quantitative estimate of drug-likeness (QED) is 0.610. The van der Waals surface area contributed by atoms with Crippen molar-refractivity contribution in [3.05, 3.63) is 48.0 Å². The van der Waals surface area contributed by atoms with Crippen LogP contribution in [0.1, 0.15) is 5.56 Å². The molecule has 0 saturated carbocycles. The fourth-order valence-electron chi connectivity index (χ4n) is 1.97. The summed E-state index contributed by atoms with van der Waals surface area (Å²) in [4.78, 5) is 2.17. The Balaban J connectivity index is 2.21. The molecule has 1 N–H and O–H groups in total. The van der Waals surface area contributed by atoms with E-state index >= 15 is 0 Å². The van der Waals surface area contributed by atoms with E-state index in [0.29, 0.717) is 22.8 Å². The zero-order chi connectivity index (χ0) is 17.6. The SMILES string of the molecule is COc1ccccc1/C=N/NS(=O)(=O)c1ccc(OC)c(OC)c1. The normalized spacial score (nSPS) is 11.3. The van der Waals surface area contributed by atoms with E-state index in [1.165, 1.54) is 45.7 Å². The molecule has 0 bridgehead atoms. The minimum Gasteiger partial charge on any atom is -0.496 e. The maximum absolute atomic E-state index is 12.3. The molecule has 0 spiro atoms. The first-order chi connectivity index (χ1) is 11.5. The van der Waals surface area contributed by atoms with E-state index < -0.39 is 10.0 Å². The van der Waals surface area contributed by atoms with E-state index in [0.717, 1.165) is 0 Å². The van der Waals surface area contributed by atoms with Gasteiger partial charge in [0, 0.05) is 11.6 Å². The molecular weight excluding hydrogens is 332 g/mol. The first kappa shape index (κ1) is 17.6. The molecule has 2 aromatic carbocycles. The van der Waals surface area contributed by atoms with Crippen molar-refractivity contribution in [1.82, 2.24) is 4.83 Å². The largest absolute Gasteiger partial charge is 0.496 e. The van der Waals surface area contributed by atoms with Crippen LogP contribution in [0.25, 0.3) is 0 Å². The van der Waals surface area contributed by atoms with Gasteiger partial charge in [0.15, 0.2) is 11.5 Å². The molecule has 0 radical (unpaired) electrons. The number of para-hydroxylation sites is 1. The highest BCUT2D eigenvalue weighted by molar-refractivity contribution is 7.89. The first-order valence-electron chi connectivity index (χ1n) is 6.91. The molecular formula is C16H18N2O5S. The first-order valence-corrected chi connectivity index (χ1v) is 8.40. The molecule has 128 valence electrons. The number of benzene rings is 2. The van der Waals surface area contributed by atoms with Crippen LogP contribution in [-0.4, -0.2) is 36.0 Å². The Kier molecular flexibility index (Phi) is 5.64. The Morgan fingerprint density at radius 2 is 1.58 bits per heavy atom. The fraction of sp³-hybridized carbons (Fsp3) is 0.188. The molecule has 2 aromatic rings. The third-order valence-electron chi connectivity index (χ3n) is 3.18. The molecule has 0 fully saturated rings. The molecule has 0 aliphatic carbocycles. The van der Waals surface area contributed by atoms with Gasteiger partial charge in [-0.1, -0.05) is 12.1 Å². The van der Waals surface area contributed by atoms with Crippen molar-refractivity contribution in [1.29, 1.82) is 0 Å². The molecule has 24 heavy (non-hydrogen) atoms. The van der Waals surface area contributed by atoms with Crippen LogP contribution in [0.4, 0.5) is 0 Å². The summed E-state index contributed by atoms with van der Waals surface area (Å²) in [5, 5.41) is 3.78. The zero-order valence-electron chi connectivity index (χ0n) is 13.5. The highest BCUT2D eigenvalue weighted by Crippen LogP contribution is 2.29. The summed E-state index contributed by atoms with van der Waals surface area (Å²) < 4.78 is 39.9. The summed E-state index contributed by atoms with van der Waals surface area (Å²) in [6, 6.07) is 11.4. The van der Waals surface area contributed by atoms with Crippen LogP contribution in [0.3, 0.4) is 0 Å². The summed E-state index contributed by atoms with van der Waals surface area (Å²) in [6.07, 6.45) is 1.37. The van der Waals surface area contributed by atoms with E-state index in [1.54, 1.807) is 18.2 Å². The van der Waals surface area contributed by atoms with Crippen molar-refractivity contribution in [3.63, 3.8) is 0 Å². The number of hydrogen-bond acceptors (Lipinski definition) is 6. The van der Waals surface area contributed by atoms with Gasteiger partial charge in [0.1, 0.15) is 5.75 Å². The van der Waals surface area contributed by atoms with Crippen molar-refractivity contribution in [3.8, 4) is 17.2 Å². The zero-order valence-corrected chi connectivity index (χ0v) is 14.3. The molecule has 0 atom stereocenters. The highest BCUT2D eigenvalue weighted by atomic mass is 32.2. The van der Waals surface area contributed by atoms with Crippen molar-refractivity contribution in [2.45, 2.75) is 4.90 Å². The van der Waals surface area contributed by atoms with Crippen molar-refractivity contribution in [2.75, 3.05) is 21.3 Å². The van der Waals surface area contributed by atoms with E-state index in [-0.39, 0.29) is 4.90 Å². The lowest BCUT2D eigenvalue weighted by molar-refractivity contribution is 0.354. The van der Waals surface area contributed by atoms with Crippen LogP contribution in [0.15, 0.2) is 52.5 Å². The third-order valence-corrected chi connectivity index (χ3v) is 4.40. The van der Waals surface area contributed by atoms with E-state index in [9.17, 15) is 8.42 Å². The van der Waals surface area contributed by atoms with Gasteiger partial charge in [-0.3, -0.25) is 0 Å². The number of nitrogens with one attached hydrogen (secondary N) is 1. The van der Waals surface area contributed by atoms with Gasteiger partial charge in [-0.2, -0.15) is 13.5 Å². The summed E-state index contributed by atoms with van der Waals surface area (Å²) >= 11 is 0. The summed E-state index contributed by atoms with van der Waals surface area (Å²) in [5.41, 5.74) is 0.648. The average molecular weight is 350 g/mol. The predicted octanol–water partition coefficient (Wildman–Crippen LogP) is 2.02. The van der Waals surface area contributed by atoms with Crippen LogP contribution in [-0.2, 0) is 10.0 Å². The van der Waals surface area contributed by atoms with E-state index in [4.69, 9.17) is 14.2 Å². The van der Waals surface area contributed by atoms with Gasteiger partial charge in [0.25, 0.3) is 10.0 Å². The average Bonchev–Trinajstić information content (AvgIpc) is 2.61. The molecule has 0 amide bonds. The Morgan fingerprint density at radius 1 is 0.917 bits per heavy atom. The molecule has 0 unspecified atom stereocenters. The Bertz CT molecular complexity index is 834. The summed E-state index contributed by atoms with van der Waals surface area (Å²) in [7, 11) is 0.602. The highest BCUT2D eigenvalue weighted by Gasteiger charge is 2.16. The van der Waals surface area contributed by atoms with Crippen LogP contribution in [0.2, 0.25) is 0 Å². The maximum atomic E-state index is 12.3. The second-order valence-corrected chi connectivity index (χ2v) is 6.27. The number of hydrogen-bond donors (Lipinski definition) is 1. The van der Waals surface area contributed by atoms with Crippen molar-refractivity contribution < 1.29 is 22.6 Å². The number of sulfonamides is 1. The molecule has 0 aromatic heterocycles. The van der Waals surface area contributed by atoms with Gasteiger partial charge >= 0.3 is 0 Å². The number of nitrogens with zero attached hydrogens (tertiary/aromatic N) is 1. The summed E-state index contributed by atoms with van der Waals surface area (Å²) in [5.74, 6) is 1.34. The van der Waals surface area contributed by atoms with E-state index in [1.807, 2.05) is 6.07 Å². The van der Waals surface area contributed by atoms with Gasteiger partial charge in [-0.25, -0.2) is 4.83 Å². The number of rotatable bonds is 7. The molecule has 0 saturated heterocycles. The minimum absolute atomic E-state index is 0.0114. The van der Waals surface area contributed by atoms with Gasteiger partial charge in [-0.15, -0.1) is 0 Å². The van der Waals surface area contributed by atoms with Gasteiger partial charge in [0.05, 0.1) is 32.4 Å². The molecule has 0 aliphatic heterocycles. The fourth-order valence-corrected chi connectivity index (χ4v) is 2.78. The Labute approximate surface area is 140 Å². The number of methoxy groups -OCH3 is 3. The molecule has 2 rings (SSSR count). The predicted molar refractivity (Wildman–Crippen MR) is 90.5 cm³/mol. The smallest absolute Gasteiger partial charge is 0.276 e. The van der Waals surface area contributed by atoms with Crippen molar-refractivity contribution in [2.24, 2.45) is 5.10 Å². The second-order valence-electron chi connectivity index (χ2n) is 4.61. The molecule has 8 heteroatoms. The molecule has 7 nitrogen and oxygen atoms in total. The van der Waals surface area contributed by atoms with Crippen molar-refractivity contribution >= 4 is 16.2 Å². The topological polar surface area (TPSA) is 86.2 Å². The van der Waals surface area contributed by atoms with Gasteiger partial charge < -0.3 is 14.2 Å². The van der Waals surface area contributed by atoms with Gasteiger partial charge in [0.2, 0.25) is 0 Å². The van der Waals surface area contributed by atoms with Gasteiger partial charge in [-0.05, 0) is 24.3 Å². The number of ether oxygens (including phenoxy) is 3. The number of hydrazone groups is 1. The molecule has 0 aliphatic rings. The lowest BCUT2D eigenvalue weighted by atomic mass is 10.2. The Morgan fingerprint density at radius 3 is 2.25 bits per heavy atom. The standard InChI is InChI=1S/C16H18N2O5S/c1-21-14-7-5-4-6-12(14)11-17-18-24(19,20)13-8-9-15(22-2)16(10-13)23-3/h4-11,18H,1-3H3/b17-11+. The molecule has 0 heterocycles. The Hall–Kier alpha value is -2.74. The monoisotopic (exact) mass is 350 g/mol. The third kappa shape index (κ3) is 3.96. The second kappa shape index (κ2) is 7.69. The van der Waals surface area contributed by atoms with Crippen LogP contribution in [0.5, 0.6) is 17.2 Å². The van der Waals surface area contributed by atoms with E-state index in [2.05, 4.69) is 9.93 Å². The summed E-state index contributed by atoms with van der Waals surface area (Å²) in [6.45, 7) is 0. The lowest BCUT2D eigenvalue weighted by Gasteiger charge is -2.09. The minimum atomic E-state index is -3.83. The van der Waals surface area contributed by atoms with Crippen LogP contribution in [0, 0.1) is 0 Å². The lowest BCUT2D eigenvalue weighted by Crippen LogP contribution is -2.18. The van der Waals surface area contributed by atoms with Crippen LogP contribution >= 0.6 is 0 Å².